The SMILES string of the molecule is COc1ccc(-c2ccc(N3CCN(C(=O)CN(C[C@H]4CCCO4)C(=O)c4cccc(OC)c4)CC3)nn2)cc1. The van der Waals surface area contributed by atoms with E-state index in [4.69, 9.17) is 14.2 Å². The minimum atomic E-state index is -0.200. The molecule has 0 N–H and O–H groups in total. The molecule has 1 aromatic heterocycles. The molecule has 2 aliphatic heterocycles. The number of amides is 2. The first-order valence-corrected chi connectivity index (χ1v) is 13.6. The van der Waals surface area contributed by atoms with Gasteiger partial charge in [0.15, 0.2) is 5.82 Å². The molecule has 2 amide bonds. The highest BCUT2D eigenvalue weighted by atomic mass is 16.5. The Bertz CT molecular complexity index is 1290. The minimum Gasteiger partial charge on any atom is -0.497 e. The van der Waals surface area contributed by atoms with Crippen LogP contribution in [0.2, 0.25) is 0 Å². The maximum absolute atomic E-state index is 13.4. The van der Waals surface area contributed by atoms with Crippen molar-refractivity contribution in [2.75, 3.05) is 65.0 Å². The first-order valence-electron chi connectivity index (χ1n) is 13.6. The lowest BCUT2D eigenvalue weighted by Crippen LogP contribution is -2.52. The summed E-state index contributed by atoms with van der Waals surface area (Å²) >= 11 is 0. The first kappa shape index (κ1) is 27.4. The number of methoxy groups -OCH3 is 2. The number of carbonyl (C=O) groups is 2. The molecule has 0 radical (unpaired) electrons. The largest absolute Gasteiger partial charge is 0.497 e. The lowest BCUT2D eigenvalue weighted by molar-refractivity contribution is -0.132. The summed E-state index contributed by atoms with van der Waals surface area (Å²) in [6.07, 6.45) is 1.79. The van der Waals surface area contributed by atoms with E-state index in [1.54, 1.807) is 43.4 Å². The summed E-state index contributed by atoms with van der Waals surface area (Å²) in [5, 5.41) is 8.84. The monoisotopic (exact) mass is 545 g/mol. The van der Waals surface area contributed by atoms with Gasteiger partial charge < -0.3 is 28.9 Å². The molecule has 0 aliphatic carbocycles. The number of ether oxygens (including phenoxy) is 3. The zero-order chi connectivity index (χ0) is 27.9. The maximum Gasteiger partial charge on any atom is 0.254 e. The third-order valence-corrected chi connectivity index (χ3v) is 7.37. The normalized spacial score (nSPS) is 17.0. The number of hydrogen-bond donors (Lipinski definition) is 0. The summed E-state index contributed by atoms with van der Waals surface area (Å²) in [6.45, 7) is 3.44. The molecule has 10 nitrogen and oxygen atoms in total. The van der Waals surface area contributed by atoms with Crippen LogP contribution in [0.1, 0.15) is 23.2 Å². The molecule has 0 bridgehead atoms. The van der Waals surface area contributed by atoms with E-state index < -0.39 is 0 Å². The number of piperazine rings is 1. The smallest absolute Gasteiger partial charge is 0.254 e. The lowest BCUT2D eigenvalue weighted by atomic mass is 10.1. The average molecular weight is 546 g/mol. The fourth-order valence-corrected chi connectivity index (χ4v) is 5.05. The van der Waals surface area contributed by atoms with Crippen molar-refractivity contribution in [2.45, 2.75) is 18.9 Å². The van der Waals surface area contributed by atoms with E-state index in [9.17, 15) is 9.59 Å². The Morgan fingerprint density at radius 1 is 0.950 bits per heavy atom. The molecule has 1 atom stereocenters. The second-order valence-electron chi connectivity index (χ2n) is 9.93. The Morgan fingerprint density at radius 3 is 2.38 bits per heavy atom. The summed E-state index contributed by atoms with van der Waals surface area (Å²) in [5.74, 6) is 1.90. The zero-order valence-corrected chi connectivity index (χ0v) is 23.0. The van der Waals surface area contributed by atoms with Gasteiger partial charge in [-0.3, -0.25) is 9.59 Å². The van der Waals surface area contributed by atoms with E-state index in [-0.39, 0.29) is 24.5 Å². The standard InChI is InChI=1S/C30H35N5O5/c1-38-24-10-8-22(9-11-24)27-12-13-28(32-31-27)33-14-16-34(17-15-33)29(36)21-35(20-26-7-4-18-40-26)30(37)23-5-3-6-25(19-23)39-2/h3,5-6,8-13,19,26H,4,7,14-18,20-21H2,1-2H3/t26-/m1/s1. The number of rotatable bonds is 9. The van der Waals surface area contributed by atoms with Gasteiger partial charge in [0.1, 0.15) is 18.0 Å². The van der Waals surface area contributed by atoms with Gasteiger partial charge in [-0.2, -0.15) is 0 Å². The summed E-state index contributed by atoms with van der Waals surface area (Å²) in [6, 6.07) is 18.6. The van der Waals surface area contributed by atoms with Crippen molar-refractivity contribution in [3.63, 3.8) is 0 Å². The summed E-state index contributed by atoms with van der Waals surface area (Å²) < 4.78 is 16.3. The fourth-order valence-electron chi connectivity index (χ4n) is 5.05. The van der Waals surface area contributed by atoms with Gasteiger partial charge in [0, 0.05) is 50.5 Å². The number of nitrogens with zero attached hydrogens (tertiary/aromatic N) is 5. The predicted molar refractivity (Wildman–Crippen MR) is 151 cm³/mol. The molecule has 3 heterocycles. The van der Waals surface area contributed by atoms with Gasteiger partial charge in [-0.1, -0.05) is 6.07 Å². The van der Waals surface area contributed by atoms with Crippen LogP contribution >= 0.6 is 0 Å². The Hall–Kier alpha value is -4.18. The lowest BCUT2D eigenvalue weighted by Gasteiger charge is -2.36. The molecule has 210 valence electrons. The van der Waals surface area contributed by atoms with Gasteiger partial charge >= 0.3 is 0 Å². The molecule has 2 aliphatic rings. The quantitative estimate of drug-likeness (QED) is 0.405. The summed E-state index contributed by atoms with van der Waals surface area (Å²) in [5.41, 5.74) is 2.24. The molecular formula is C30H35N5O5. The molecule has 2 saturated heterocycles. The highest BCUT2D eigenvalue weighted by Crippen LogP contribution is 2.23. The van der Waals surface area contributed by atoms with Crippen LogP contribution in [-0.2, 0) is 9.53 Å². The highest BCUT2D eigenvalue weighted by molar-refractivity contribution is 5.97. The highest BCUT2D eigenvalue weighted by Gasteiger charge is 2.29. The number of aromatic nitrogens is 2. The molecule has 5 rings (SSSR count). The molecular weight excluding hydrogens is 510 g/mol. The van der Waals surface area contributed by atoms with E-state index in [0.717, 1.165) is 35.7 Å². The van der Waals surface area contributed by atoms with E-state index in [1.807, 2.05) is 41.3 Å². The minimum absolute atomic E-state index is 0.00622. The van der Waals surface area contributed by atoms with Crippen LogP contribution in [-0.4, -0.2) is 98.0 Å². The van der Waals surface area contributed by atoms with Crippen LogP contribution in [0.5, 0.6) is 11.5 Å². The van der Waals surface area contributed by atoms with Crippen LogP contribution < -0.4 is 14.4 Å². The summed E-state index contributed by atoms with van der Waals surface area (Å²) in [7, 11) is 3.21. The van der Waals surface area contributed by atoms with Gasteiger partial charge in [-0.25, -0.2) is 0 Å². The third kappa shape index (κ3) is 6.51. The number of benzene rings is 2. The van der Waals surface area contributed by atoms with E-state index in [0.29, 0.717) is 50.6 Å². The average Bonchev–Trinajstić information content (AvgIpc) is 3.54. The van der Waals surface area contributed by atoms with E-state index in [1.165, 1.54) is 0 Å². The Balaban J connectivity index is 1.19. The van der Waals surface area contributed by atoms with Crippen LogP contribution in [0.4, 0.5) is 5.82 Å². The summed E-state index contributed by atoms with van der Waals surface area (Å²) in [4.78, 5) is 32.3. The number of carbonyl (C=O) groups excluding carboxylic acids is 2. The van der Waals surface area contributed by atoms with Crippen molar-refractivity contribution in [1.29, 1.82) is 0 Å². The van der Waals surface area contributed by atoms with Gasteiger partial charge in [0.2, 0.25) is 5.91 Å². The van der Waals surface area contributed by atoms with Gasteiger partial charge in [-0.15, -0.1) is 10.2 Å². The third-order valence-electron chi connectivity index (χ3n) is 7.37. The number of anilines is 1. The van der Waals surface area contributed by atoms with Crippen molar-refractivity contribution < 1.29 is 23.8 Å². The molecule has 0 spiro atoms. The van der Waals surface area contributed by atoms with Crippen LogP contribution in [0.25, 0.3) is 11.3 Å². The van der Waals surface area contributed by atoms with Gasteiger partial charge in [0.25, 0.3) is 5.91 Å². The van der Waals surface area contributed by atoms with Crippen LogP contribution in [0.3, 0.4) is 0 Å². The Morgan fingerprint density at radius 2 is 1.73 bits per heavy atom. The second kappa shape index (κ2) is 12.8. The van der Waals surface area contributed by atoms with Crippen LogP contribution in [0, 0.1) is 0 Å². The van der Waals surface area contributed by atoms with Crippen molar-refractivity contribution in [2.24, 2.45) is 0 Å². The molecule has 2 aromatic carbocycles. The fraction of sp³-hybridized carbons (Fsp3) is 0.400. The van der Waals surface area contributed by atoms with Crippen molar-refractivity contribution in [3.05, 3.63) is 66.2 Å². The Labute approximate surface area is 234 Å². The first-order chi connectivity index (χ1) is 19.5. The van der Waals surface area contributed by atoms with Crippen molar-refractivity contribution >= 4 is 17.6 Å². The Kier molecular flexibility index (Phi) is 8.75. The molecule has 0 saturated carbocycles. The van der Waals surface area contributed by atoms with Gasteiger partial charge in [-0.05, 0) is 67.4 Å². The second-order valence-corrected chi connectivity index (χ2v) is 9.93. The molecule has 40 heavy (non-hydrogen) atoms. The molecule has 10 heteroatoms. The van der Waals surface area contributed by atoms with Gasteiger partial charge in [0.05, 0.1) is 26.0 Å². The number of hydrogen-bond acceptors (Lipinski definition) is 8. The predicted octanol–water partition coefficient (Wildman–Crippen LogP) is 3.13. The van der Waals surface area contributed by atoms with E-state index in [2.05, 4.69) is 15.1 Å². The van der Waals surface area contributed by atoms with E-state index >= 15 is 0 Å². The van der Waals surface area contributed by atoms with Crippen molar-refractivity contribution in [3.8, 4) is 22.8 Å². The van der Waals surface area contributed by atoms with Crippen molar-refractivity contribution in [1.82, 2.24) is 20.0 Å². The van der Waals surface area contributed by atoms with Crippen LogP contribution in [0.15, 0.2) is 60.7 Å². The zero-order valence-electron chi connectivity index (χ0n) is 23.0. The topological polar surface area (TPSA) is 97.3 Å². The molecule has 2 fully saturated rings. The molecule has 0 unspecified atom stereocenters. The maximum atomic E-state index is 13.4. The molecule has 3 aromatic rings.